The molecule has 29 heavy (non-hydrogen) atoms. The van der Waals surface area contributed by atoms with Crippen LogP contribution in [-0.4, -0.2) is 18.3 Å². The fourth-order valence-electron chi connectivity index (χ4n) is 2.84. The van der Waals surface area contributed by atoms with Crippen molar-refractivity contribution < 1.29 is 27.5 Å². The lowest BCUT2D eigenvalue weighted by atomic mass is 9.94. The molecular weight excluding hydrogens is 411 g/mol. The van der Waals surface area contributed by atoms with Gasteiger partial charge >= 0.3 is 12.4 Å². The maximum atomic E-state index is 12.8. The molecule has 3 rings (SSSR count). The minimum Gasteiger partial charge on any atom is -0.406 e. The second-order valence-corrected chi connectivity index (χ2v) is 6.58. The molecule has 6 nitrogen and oxygen atoms in total. The van der Waals surface area contributed by atoms with Crippen molar-refractivity contribution in [3.05, 3.63) is 70.4 Å². The number of urea groups is 1. The van der Waals surface area contributed by atoms with Gasteiger partial charge < -0.3 is 20.7 Å². The molecule has 3 amide bonds. The van der Waals surface area contributed by atoms with E-state index in [0.29, 0.717) is 22.0 Å². The van der Waals surface area contributed by atoms with Crippen LogP contribution in [0.5, 0.6) is 5.75 Å². The molecule has 1 atom stereocenters. The molecule has 1 heterocycles. The molecule has 0 fully saturated rings. The van der Waals surface area contributed by atoms with Crippen LogP contribution in [0.4, 0.5) is 23.7 Å². The lowest BCUT2D eigenvalue weighted by Crippen LogP contribution is -2.45. The summed E-state index contributed by atoms with van der Waals surface area (Å²) in [5.41, 5.74) is 1.43. The molecule has 152 valence electrons. The summed E-state index contributed by atoms with van der Waals surface area (Å²) in [4.78, 5) is 24.7. The van der Waals surface area contributed by atoms with Gasteiger partial charge in [-0.1, -0.05) is 23.7 Å². The Bertz CT molecular complexity index is 957. The number of amides is 3. The summed E-state index contributed by atoms with van der Waals surface area (Å²) in [5.74, 6) is -0.896. The van der Waals surface area contributed by atoms with Gasteiger partial charge in [0.15, 0.2) is 0 Å². The van der Waals surface area contributed by atoms with Gasteiger partial charge in [0, 0.05) is 16.4 Å². The van der Waals surface area contributed by atoms with Crippen molar-refractivity contribution in [3.8, 4) is 5.75 Å². The minimum atomic E-state index is -4.81. The highest BCUT2D eigenvalue weighted by Gasteiger charge is 2.33. The van der Waals surface area contributed by atoms with Crippen LogP contribution in [0, 0.1) is 0 Å². The van der Waals surface area contributed by atoms with Crippen molar-refractivity contribution >= 4 is 29.2 Å². The van der Waals surface area contributed by atoms with Crippen molar-refractivity contribution in [2.24, 2.45) is 0 Å². The number of hydrogen-bond acceptors (Lipinski definition) is 3. The van der Waals surface area contributed by atoms with E-state index in [1.54, 1.807) is 31.2 Å². The van der Waals surface area contributed by atoms with Crippen LogP contribution in [0.2, 0.25) is 5.02 Å². The SMILES string of the molecule is CC1=C(C(=O)Nc2ccc(Cl)cc2)C(c2ccc(OC(F)(F)F)cc2)NC(=O)N1. The highest BCUT2D eigenvalue weighted by molar-refractivity contribution is 6.30. The highest BCUT2D eigenvalue weighted by atomic mass is 35.5. The number of nitrogens with one attached hydrogen (secondary N) is 3. The van der Waals surface area contributed by atoms with E-state index in [9.17, 15) is 22.8 Å². The smallest absolute Gasteiger partial charge is 0.406 e. The topological polar surface area (TPSA) is 79.5 Å². The molecule has 0 aromatic heterocycles. The molecule has 2 aromatic rings. The molecule has 1 unspecified atom stereocenters. The number of hydrogen-bond donors (Lipinski definition) is 3. The lowest BCUT2D eigenvalue weighted by molar-refractivity contribution is -0.274. The fourth-order valence-corrected chi connectivity index (χ4v) is 2.96. The molecule has 0 spiro atoms. The molecule has 0 saturated carbocycles. The Kier molecular flexibility index (Phi) is 5.69. The molecule has 1 aliphatic heterocycles. The van der Waals surface area contributed by atoms with Crippen LogP contribution < -0.4 is 20.7 Å². The van der Waals surface area contributed by atoms with Crippen LogP contribution in [0.15, 0.2) is 59.8 Å². The Hall–Kier alpha value is -3.20. The number of ether oxygens (including phenoxy) is 1. The number of carbonyl (C=O) groups excluding carboxylic acids is 2. The van der Waals surface area contributed by atoms with Crippen LogP contribution in [0.3, 0.4) is 0 Å². The molecule has 0 bridgehead atoms. The number of halogens is 4. The Balaban J connectivity index is 1.87. The predicted molar refractivity (Wildman–Crippen MR) is 100 cm³/mol. The van der Waals surface area contributed by atoms with E-state index in [-0.39, 0.29) is 5.57 Å². The monoisotopic (exact) mass is 425 g/mol. The normalized spacial score (nSPS) is 16.7. The van der Waals surface area contributed by atoms with Gasteiger partial charge in [-0.05, 0) is 48.9 Å². The van der Waals surface area contributed by atoms with Gasteiger partial charge in [0.05, 0.1) is 11.6 Å². The van der Waals surface area contributed by atoms with E-state index in [2.05, 4.69) is 20.7 Å². The highest BCUT2D eigenvalue weighted by Crippen LogP contribution is 2.30. The van der Waals surface area contributed by atoms with Crippen LogP contribution >= 0.6 is 11.6 Å². The third kappa shape index (κ3) is 5.20. The van der Waals surface area contributed by atoms with Gasteiger partial charge in [0.2, 0.25) is 0 Å². The van der Waals surface area contributed by atoms with Crippen LogP contribution in [0.1, 0.15) is 18.5 Å². The first-order valence-electron chi connectivity index (χ1n) is 8.33. The van der Waals surface area contributed by atoms with Crippen molar-refractivity contribution in [2.45, 2.75) is 19.3 Å². The average molecular weight is 426 g/mol. The van der Waals surface area contributed by atoms with Gasteiger partial charge in [-0.15, -0.1) is 13.2 Å². The third-order valence-corrected chi connectivity index (χ3v) is 4.31. The predicted octanol–water partition coefficient (Wildman–Crippen LogP) is 4.51. The van der Waals surface area contributed by atoms with E-state index in [1.165, 1.54) is 12.1 Å². The molecular formula is C19H15ClF3N3O3. The molecule has 1 aliphatic rings. The molecule has 0 aliphatic carbocycles. The Labute approximate surface area is 168 Å². The van der Waals surface area contributed by atoms with E-state index in [1.807, 2.05) is 0 Å². The summed E-state index contributed by atoms with van der Waals surface area (Å²) in [6, 6.07) is 9.96. The quantitative estimate of drug-likeness (QED) is 0.674. The van der Waals surface area contributed by atoms with Crippen molar-refractivity contribution in [2.75, 3.05) is 5.32 Å². The van der Waals surface area contributed by atoms with E-state index in [0.717, 1.165) is 12.1 Å². The third-order valence-electron chi connectivity index (χ3n) is 4.06. The lowest BCUT2D eigenvalue weighted by Gasteiger charge is -2.28. The second-order valence-electron chi connectivity index (χ2n) is 6.15. The summed E-state index contributed by atoms with van der Waals surface area (Å²) in [6.07, 6.45) is -4.81. The van der Waals surface area contributed by atoms with Crippen LogP contribution in [0.25, 0.3) is 0 Å². The van der Waals surface area contributed by atoms with Gasteiger partial charge in [-0.2, -0.15) is 0 Å². The van der Waals surface area contributed by atoms with E-state index < -0.39 is 30.1 Å². The van der Waals surface area contributed by atoms with E-state index >= 15 is 0 Å². The maximum absolute atomic E-state index is 12.8. The van der Waals surface area contributed by atoms with Crippen molar-refractivity contribution in [1.82, 2.24) is 10.6 Å². The first-order valence-corrected chi connectivity index (χ1v) is 8.71. The van der Waals surface area contributed by atoms with Crippen molar-refractivity contribution in [3.63, 3.8) is 0 Å². The zero-order valence-corrected chi connectivity index (χ0v) is 15.7. The number of alkyl halides is 3. The van der Waals surface area contributed by atoms with Gasteiger partial charge in [0.25, 0.3) is 5.91 Å². The first-order chi connectivity index (χ1) is 13.6. The van der Waals surface area contributed by atoms with Gasteiger partial charge in [0.1, 0.15) is 5.75 Å². The average Bonchev–Trinajstić information content (AvgIpc) is 2.62. The minimum absolute atomic E-state index is 0.212. The number of carbonyl (C=O) groups is 2. The Morgan fingerprint density at radius 3 is 2.31 bits per heavy atom. The summed E-state index contributed by atoms with van der Waals surface area (Å²) in [6.45, 7) is 1.56. The molecule has 0 radical (unpaired) electrons. The standard InChI is InChI=1S/C19H15ClF3N3O3/c1-10-15(17(27)25-13-6-4-12(20)5-7-13)16(26-18(28)24-10)11-2-8-14(9-3-11)29-19(21,22)23/h2-9,16H,1H3,(H,25,27)(H2,24,26,28). The zero-order chi connectivity index (χ0) is 21.2. The maximum Gasteiger partial charge on any atom is 0.573 e. The Morgan fingerprint density at radius 2 is 1.72 bits per heavy atom. The number of allylic oxidation sites excluding steroid dienone is 1. The summed E-state index contributed by atoms with van der Waals surface area (Å²) in [7, 11) is 0. The molecule has 10 heteroatoms. The summed E-state index contributed by atoms with van der Waals surface area (Å²) >= 11 is 5.83. The summed E-state index contributed by atoms with van der Waals surface area (Å²) in [5, 5.41) is 8.34. The largest absolute Gasteiger partial charge is 0.573 e. The number of rotatable bonds is 4. The van der Waals surface area contributed by atoms with Gasteiger partial charge in [-0.25, -0.2) is 4.79 Å². The molecule has 0 saturated heterocycles. The second kappa shape index (κ2) is 8.04. The Morgan fingerprint density at radius 1 is 1.10 bits per heavy atom. The van der Waals surface area contributed by atoms with Crippen molar-refractivity contribution in [1.29, 1.82) is 0 Å². The number of anilines is 1. The zero-order valence-electron chi connectivity index (χ0n) is 14.9. The fraction of sp³-hybridized carbons (Fsp3) is 0.158. The number of benzene rings is 2. The van der Waals surface area contributed by atoms with E-state index in [4.69, 9.17) is 11.6 Å². The van der Waals surface area contributed by atoms with Crippen LogP contribution in [-0.2, 0) is 4.79 Å². The molecule has 2 aromatic carbocycles. The molecule has 3 N–H and O–H groups in total. The first kappa shape index (κ1) is 20.5. The summed E-state index contributed by atoms with van der Waals surface area (Å²) < 4.78 is 40.9. The van der Waals surface area contributed by atoms with Gasteiger partial charge in [-0.3, -0.25) is 4.79 Å².